The first-order valence-corrected chi connectivity index (χ1v) is 8.48. The Morgan fingerprint density at radius 2 is 1.85 bits per heavy atom. The SMILES string of the molecule is CC(C)NS(=O)(=O)N1CCN(c2cccc(Cl)c2)CC1. The minimum Gasteiger partial charge on any atom is -0.369 e. The van der Waals surface area contributed by atoms with Crippen LogP contribution in [0.25, 0.3) is 0 Å². The molecule has 2 rings (SSSR count). The highest BCUT2D eigenvalue weighted by Gasteiger charge is 2.27. The third kappa shape index (κ3) is 3.85. The Balaban J connectivity index is 1.99. The van der Waals surface area contributed by atoms with Gasteiger partial charge in [-0.15, -0.1) is 0 Å². The van der Waals surface area contributed by atoms with Crippen molar-refractivity contribution < 1.29 is 8.42 Å². The van der Waals surface area contributed by atoms with E-state index in [0.717, 1.165) is 5.69 Å². The fourth-order valence-corrected chi connectivity index (χ4v) is 3.81. The van der Waals surface area contributed by atoms with Crippen molar-refractivity contribution in [2.45, 2.75) is 19.9 Å². The number of hydrogen-bond donors (Lipinski definition) is 1. The van der Waals surface area contributed by atoms with E-state index in [2.05, 4.69) is 9.62 Å². The van der Waals surface area contributed by atoms with E-state index >= 15 is 0 Å². The van der Waals surface area contributed by atoms with Gasteiger partial charge in [-0.3, -0.25) is 0 Å². The van der Waals surface area contributed by atoms with Crippen LogP contribution in [-0.4, -0.2) is 44.9 Å². The molecule has 1 fully saturated rings. The maximum atomic E-state index is 12.1. The molecule has 0 aromatic heterocycles. The Labute approximate surface area is 125 Å². The van der Waals surface area contributed by atoms with E-state index in [1.165, 1.54) is 4.31 Å². The highest BCUT2D eigenvalue weighted by molar-refractivity contribution is 7.87. The van der Waals surface area contributed by atoms with Gasteiger partial charge in [-0.25, -0.2) is 0 Å². The Hall–Kier alpha value is -0.820. The van der Waals surface area contributed by atoms with Crippen LogP contribution in [0, 0.1) is 0 Å². The second-order valence-electron chi connectivity index (χ2n) is 5.14. The minimum atomic E-state index is -3.37. The van der Waals surface area contributed by atoms with Crippen molar-refractivity contribution >= 4 is 27.5 Å². The monoisotopic (exact) mass is 317 g/mol. The molecule has 0 unspecified atom stereocenters. The zero-order valence-corrected chi connectivity index (χ0v) is 13.3. The smallest absolute Gasteiger partial charge is 0.279 e. The fourth-order valence-electron chi connectivity index (χ4n) is 2.23. The molecular weight excluding hydrogens is 298 g/mol. The first kappa shape index (κ1) is 15.6. The molecule has 5 nitrogen and oxygen atoms in total. The molecule has 112 valence electrons. The third-order valence-corrected chi connectivity index (χ3v) is 5.19. The summed E-state index contributed by atoms with van der Waals surface area (Å²) in [6, 6.07) is 7.53. The van der Waals surface area contributed by atoms with Gasteiger partial charge in [0.2, 0.25) is 0 Å². The van der Waals surface area contributed by atoms with Crippen LogP contribution in [0.5, 0.6) is 0 Å². The molecule has 0 bridgehead atoms. The highest BCUT2D eigenvalue weighted by atomic mass is 35.5. The van der Waals surface area contributed by atoms with Crippen molar-refractivity contribution in [2.75, 3.05) is 31.1 Å². The van der Waals surface area contributed by atoms with Crippen LogP contribution in [0.4, 0.5) is 5.69 Å². The summed E-state index contributed by atoms with van der Waals surface area (Å²) >= 11 is 5.98. The molecule has 0 spiro atoms. The number of halogens is 1. The van der Waals surface area contributed by atoms with Crippen molar-refractivity contribution in [3.8, 4) is 0 Å². The quantitative estimate of drug-likeness (QED) is 0.919. The van der Waals surface area contributed by atoms with E-state index in [1.54, 1.807) is 0 Å². The maximum Gasteiger partial charge on any atom is 0.279 e. The molecule has 0 radical (unpaired) electrons. The van der Waals surface area contributed by atoms with E-state index < -0.39 is 10.2 Å². The van der Waals surface area contributed by atoms with Gasteiger partial charge >= 0.3 is 0 Å². The molecule has 1 N–H and O–H groups in total. The lowest BCUT2D eigenvalue weighted by Crippen LogP contribution is -2.53. The summed E-state index contributed by atoms with van der Waals surface area (Å²) in [6.45, 7) is 5.93. The van der Waals surface area contributed by atoms with Crippen molar-refractivity contribution in [2.24, 2.45) is 0 Å². The van der Waals surface area contributed by atoms with E-state index in [-0.39, 0.29) is 6.04 Å². The molecule has 0 saturated carbocycles. The maximum absolute atomic E-state index is 12.1. The number of nitrogens with one attached hydrogen (secondary N) is 1. The van der Waals surface area contributed by atoms with Crippen LogP contribution < -0.4 is 9.62 Å². The summed E-state index contributed by atoms with van der Waals surface area (Å²) in [5.74, 6) is 0. The Kier molecular flexibility index (Phi) is 4.90. The molecule has 0 atom stereocenters. The fraction of sp³-hybridized carbons (Fsp3) is 0.538. The Morgan fingerprint density at radius 3 is 2.40 bits per heavy atom. The number of rotatable bonds is 4. The van der Waals surface area contributed by atoms with Crippen molar-refractivity contribution in [3.05, 3.63) is 29.3 Å². The van der Waals surface area contributed by atoms with Gasteiger partial charge in [0.05, 0.1) is 0 Å². The lowest BCUT2D eigenvalue weighted by atomic mass is 10.2. The second-order valence-corrected chi connectivity index (χ2v) is 7.28. The molecule has 0 aliphatic carbocycles. The molecule has 7 heteroatoms. The number of benzene rings is 1. The van der Waals surface area contributed by atoms with Gasteiger partial charge in [0.25, 0.3) is 10.2 Å². The normalized spacial score (nSPS) is 17.7. The van der Waals surface area contributed by atoms with E-state index in [1.807, 2.05) is 38.1 Å². The number of nitrogens with zero attached hydrogens (tertiary/aromatic N) is 2. The zero-order chi connectivity index (χ0) is 14.8. The van der Waals surface area contributed by atoms with Gasteiger partial charge in [-0.05, 0) is 32.0 Å². The molecule has 1 heterocycles. The van der Waals surface area contributed by atoms with Gasteiger partial charge in [0, 0.05) is 42.9 Å². The van der Waals surface area contributed by atoms with Gasteiger partial charge in [-0.1, -0.05) is 17.7 Å². The topological polar surface area (TPSA) is 52.7 Å². The van der Waals surface area contributed by atoms with Crippen LogP contribution in [-0.2, 0) is 10.2 Å². The average Bonchev–Trinajstić information content (AvgIpc) is 2.37. The standard InChI is InChI=1S/C13H20ClN3O2S/c1-11(2)15-20(18,19)17-8-6-16(7-9-17)13-5-3-4-12(14)10-13/h3-5,10-11,15H,6-9H2,1-2H3. The summed E-state index contributed by atoms with van der Waals surface area (Å²) in [7, 11) is -3.37. The number of anilines is 1. The summed E-state index contributed by atoms with van der Waals surface area (Å²) in [4.78, 5) is 2.15. The third-order valence-electron chi connectivity index (χ3n) is 3.14. The van der Waals surface area contributed by atoms with Gasteiger partial charge in [-0.2, -0.15) is 17.4 Å². The first-order valence-electron chi connectivity index (χ1n) is 6.66. The highest BCUT2D eigenvalue weighted by Crippen LogP contribution is 2.21. The Morgan fingerprint density at radius 1 is 1.20 bits per heavy atom. The van der Waals surface area contributed by atoms with Gasteiger partial charge < -0.3 is 4.90 Å². The minimum absolute atomic E-state index is 0.0917. The molecule has 1 aliphatic rings. The molecule has 1 saturated heterocycles. The van der Waals surface area contributed by atoms with Crippen molar-refractivity contribution in [3.63, 3.8) is 0 Å². The summed E-state index contributed by atoms with van der Waals surface area (Å²) in [6.07, 6.45) is 0. The lowest BCUT2D eigenvalue weighted by molar-refractivity contribution is 0.376. The van der Waals surface area contributed by atoms with Gasteiger partial charge in [0.1, 0.15) is 0 Å². The van der Waals surface area contributed by atoms with Crippen LogP contribution in [0.2, 0.25) is 5.02 Å². The molecule has 20 heavy (non-hydrogen) atoms. The summed E-state index contributed by atoms with van der Waals surface area (Å²) < 4.78 is 28.2. The van der Waals surface area contributed by atoms with Crippen LogP contribution in [0.15, 0.2) is 24.3 Å². The van der Waals surface area contributed by atoms with E-state index in [4.69, 9.17) is 11.6 Å². The van der Waals surface area contributed by atoms with Crippen molar-refractivity contribution in [1.29, 1.82) is 0 Å². The molecule has 1 aromatic carbocycles. The van der Waals surface area contributed by atoms with E-state index in [0.29, 0.717) is 31.2 Å². The number of hydrogen-bond acceptors (Lipinski definition) is 3. The van der Waals surface area contributed by atoms with Crippen LogP contribution in [0.3, 0.4) is 0 Å². The Bertz CT molecular complexity index is 554. The van der Waals surface area contributed by atoms with Crippen LogP contribution in [0.1, 0.15) is 13.8 Å². The largest absolute Gasteiger partial charge is 0.369 e. The predicted molar refractivity (Wildman–Crippen MR) is 82.4 cm³/mol. The number of piperazine rings is 1. The van der Waals surface area contributed by atoms with Gasteiger partial charge in [0.15, 0.2) is 0 Å². The van der Waals surface area contributed by atoms with Crippen molar-refractivity contribution in [1.82, 2.24) is 9.03 Å². The zero-order valence-electron chi connectivity index (χ0n) is 11.7. The lowest BCUT2D eigenvalue weighted by Gasteiger charge is -2.35. The van der Waals surface area contributed by atoms with Crippen LogP contribution >= 0.6 is 11.6 Å². The first-order chi connectivity index (χ1) is 9.38. The van der Waals surface area contributed by atoms with E-state index in [9.17, 15) is 8.42 Å². The predicted octanol–water partition coefficient (Wildman–Crippen LogP) is 1.70. The summed E-state index contributed by atoms with van der Waals surface area (Å²) in [5, 5.41) is 0.694. The molecule has 1 aromatic rings. The summed E-state index contributed by atoms with van der Waals surface area (Å²) in [5.41, 5.74) is 1.03. The second kappa shape index (κ2) is 6.30. The molecule has 1 aliphatic heterocycles. The molecule has 0 amide bonds. The molecular formula is C13H20ClN3O2S. The average molecular weight is 318 g/mol.